The zero-order valence-corrected chi connectivity index (χ0v) is 17.8. The molecule has 2 heterocycles. The summed E-state index contributed by atoms with van der Waals surface area (Å²) in [4.78, 5) is 8.32. The minimum absolute atomic E-state index is 0.142. The van der Waals surface area contributed by atoms with Crippen molar-refractivity contribution >= 4 is 33.9 Å². The predicted molar refractivity (Wildman–Crippen MR) is 117 cm³/mol. The van der Waals surface area contributed by atoms with Crippen LogP contribution in [0.3, 0.4) is 0 Å². The Kier molecular flexibility index (Phi) is 8.30. The third-order valence-corrected chi connectivity index (χ3v) is 5.47. The summed E-state index contributed by atoms with van der Waals surface area (Å²) >= 11 is 0.776. The van der Waals surface area contributed by atoms with Crippen molar-refractivity contribution in [2.45, 2.75) is 51.9 Å². The van der Waals surface area contributed by atoms with Gasteiger partial charge >= 0.3 is 0 Å². The number of nitrogens with one attached hydrogen (secondary N) is 1. The number of hydrogen-bond acceptors (Lipinski definition) is 5. The second-order valence-corrected chi connectivity index (χ2v) is 8.08. The molecular weight excluding hydrogens is 411 g/mol. The maximum Gasteiger partial charge on any atom is 0.206 e. The summed E-state index contributed by atoms with van der Waals surface area (Å²) in [6, 6.07) is 2.25. The Labute approximate surface area is 178 Å². The molecule has 0 spiro atoms. The van der Waals surface area contributed by atoms with E-state index in [9.17, 15) is 13.2 Å². The molecule has 0 saturated heterocycles. The van der Waals surface area contributed by atoms with E-state index in [1.807, 2.05) is 6.08 Å². The Morgan fingerprint density at radius 2 is 1.80 bits per heavy atom. The van der Waals surface area contributed by atoms with Crippen LogP contribution >= 0.6 is 11.3 Å². The fourth-order valence-corrected chi connectivity index (χ4v) is 3.89. The number of unbranched alkanes of at least 4 members (excludes halogenated alkanes) is 5. The van der Waals surface area contributed by atoms with Gasteiger partial charge < -0.3 is 10.1 Å². The molecule has 3 rings (SSSR count). The first-order valence-corrected chi connectivity index (χ1v) is 11.2. The van der Waals surface area contributed by atoms with E-state index in [0.717, 1.165) is 49.2 Å². The number of ether oxygens (including phenoxy) is 1. The molecule has 2 aromatic rings. The fourth-order valence-electron chi connectivity index (χ4n) is 3.15. The van der Waals surface area contributed by atoms with Crippen molar-refractivity contribution in [3.05, 3.63) is 40.7 Å². The predicted octanol–water partition coefficient (Wildman–Crippen LogP) is 6.90. The number of rotatable bonds is 11. The number of benzene rings is 1. The van der Waals surface area contributed by atoms with Crippen LogP contribution in [0.4, 0.5) is 24.0 Å². The largest absolute Gasteiger partial charge is 0.488 e. The van der Waals surface area contributed by atoms with E-state index in [4.69, 9.17) is 4.74 Å². The summed E-state index contributed by atoms with van der Waals surface area (Å²) in [5, 5.41) is 2.50. The van der Waals surface area contributed by atoms with Crippen LogP contribution in [-0.2, 0) is 0 Å². The van der Waals surface area contributed by atoms with Crippen LogP contribution in [0.15, 0.2) is 23.2 Å². The Morgan fingerprint density at radius 1 is 1.07 bits per heavy atom. The Bertz CT molecular complexity index is 888. The number of nitrogens with zero attached hydrogens (tertiary/aromatic N) is 2. The van der Waals surface area contributed by atoms with Crippen LogP contribution in [0.5, 0.6) is 5.75 Å². The molecule has 0 atom stereocenters. The van der Waals surface area contributed by atoms with Crippen LogP contribution in [0.2, 0.25) is 0 Å². The topological polar surface area (TPSA) is 46.5 Å². The summed E-state index contributed by atoms with van der Waals surface area (Å²) in [6.45, 7) is 3.09. The summed E-state index contributed by atoms with van der Waals surface area (Å²) in [7, 11) is 0. The highest BCUT2D eigenvalue weighted by Gasteiger charge is 2.17. The lowest BCUT2D eigenvalue weighted by Gasteiger charge is -2.10. The normalized spacial score (nSPS) is 13.4. The Balaban J connectivity index is 1.59. The molecule has 0 amide bonds. The van der Waals surface area contributed by atoms with Crippen LogP contribution < -0.4 is 10.1 Å². The van der Waals surface area contributed by atoms with Gasteiger partial charge in [0, 0.05) is 36.2 Å². The summed E-state index contributed by atoms with van der Waals surface area (Å²) < 4.78 is 48.2. The number of allylic oxidation sites excluding steroid dienone is 1. The highest BCUT2D eigenvalue weighted by Crippen LogP contribution is 2.32. The van der Waals surface area contributed by atoms with Crippen molar-refractivity contribution in [3.8, 4) is 5.75 Å². The van der Waals surface area contributed by atoms with Gasteiger partial charge in [0.15, 0.2) is 22.5 Å². The van der Waals surface area contributed by atoms with Gasteiger partial charge in [-0.2, -0.15) is 4.39 Å². The zero-order valence-electron chi connectivity index (χ0n) is 17.0. The smallest absolute Gasteiger partial charge is 0.206 e. The number of aliphatic imine (C=N–C) groups is 1. The average Bonchev–Trinajstić information content (AvgIpc) is 3.09. The maximum atomic E-state index is 14.3. The van der Waals surface area contributed by atoms with Gasteiger partial charge in [-0.05, 0) is 12.8 Å². The van der Waals surface area contributed by atoms with Crippen molar-refractivity contribution < 1.29 is 17.9 Å². The summed E-state index contributed by atoms with van der Waals surface area (Å²) in [5.74, 6) is -1.99. The lowest BCUT2D eigenvalue weighted by molar-refractivity contribution is 0.275. The van der Waals surface area contributed by atoms with Gasteiger partial charge in [-0.1, -0.05) is 56.4 Å². The fraction of sp³-hybridized carbons (Fsp3) is 0.455. The molecule has 0 bridgehead atoms. The molecular formula is C22H26F3N3OS. The molecule has 162 valence electrons. The molecule has 4 nitrogen and oxygen atoms in total. The molecule has 0 radical (unpaired) electrons. The van der Waals surface area contributed by atoms with Crippen molar-refractivity contribution in [1.29, 1.82) is 0 Å². The molecule has 30 heavy (non-hydrogen) atoms. The van der Waals surface area contributed by atoms with E-state index in [2.05, 4.69) is 22.2 Å². The Hall–Kier alpha value is -2.35. The van der Waals surface area contributed by atoms with E-state index in [-0.39, 0.29) is 28.9 Å². The van der Waals surface area contributed by atoms with Gasteiger partial charge in [-0.15, -0.1) is 0 Å². The van der Waals surface area contributed by atoms with Crippen LogP contribution in [0, 0.1) is 16.8 Å². The first-order chi connectivity index (χ1) is 14.6. The average molecular weight is 438 g/mol. The second kappa shape index (κ2) is 11.2. The summed E-state index contributed by atoms with van der Waals surface area (Å²) in [5.41, 5.74) is 0.938. The minimum Gasteiger partial charge on any atom is -0.488 e. The number of hydrogen-bond donors (Lipinski definition) is 1. The first kappa shape index (κ1) is 22.3. The van der Waals surface area contributed by atoms with Gasteiger partial charge in [-0.25, -0.2) is 13.8 Å². The molecule has 1 aromatic carbocycles. The van der Waals surface area contributed by atoms with Crippen LogP contribution in [0.1, 0.15) is 57.6 Å². The molecule has 0 unspecified atom stereocenters. The molecule has 0 saturated carbocycles. The third kappa shape index (κ3) is 6.08. The highest BCUT2D eigenvalue weighted by atomic mass is 32.1. The molecule has 1 aromatic heterocycles. The van der Waals surface area contributed by atoms with Crippen molar-refractivity contribution in [3.63, 3.8) is 0 Å². The lowest BCUT2D eigenvalue weighted by atomic mass is 10.1. The number of aromatic nitrogens is 1. The number of thiazole rings is 1. The second-order valence-electron chi connectivity index (χ2n) is 7.13. The van der Waals surface area contributed by atoms with E-state index in [1.165, 1.54) is 19.3 Å². The van der Waals surface area contributed by atoms with E-state index in [1.54, 1.807) is 6.21 Å². The van der Waals surface area contributed by atoms with E-state index >= 15 is 0 Å². The number of halogens is 3. The van der Waals surface area contributed by atoms with Crippen molar-refractivity contribution in [2.75, 3.05) is 18.5 Å². The van der Waals surface area contributed by atoms with Gasteiger partial charge in [0.2, 0.25) is 5.13 Å². The lowest BCUT2D eigenvalue weighted by Crippen LogP contribution is -2.03. The third-order valence-electron chi connectivity index (χ3n) is 4.71. The van der Waals surface area contributed by atoms with E-state index in [0.29, 0.717) is 12.1 Å². The quantitative estimate of drug-likeness (QED) is 0.389. The zero-order chi connectivity index (χ0) is 21.3. The summed E-state index contributed by atoms with van der Waals surface area (Å²) in [6.07, 6.45) is 10.5. The van der Waals surface area contributed by atoms with E-state index < -0.39 is 16.8 Å². The van der Waals surface area contributed by atoms with Gasteiger partial charge in [0.1, 0.15) is 5.69 Å². The van der Waals surface area contributed by atoms with Gasteiger partial charge in [0.25, 0.3) is 0 Å². The molecule has 1 aliphatic heterocycles. The van der Waals surface area contributed by atoms with Gasteiger partial charge in [-0.3, -0.25) is 4.99 Å². The monoisotopic (exact) mass is 437 g/mol. The van der Waals surface area contributed by atoms with Gasteiger partial charge in [0.05, 0.1) is 6.61 Å². The van der Waals surface area contributed by atoms with Crippen LogP contribution in [0.25, 0.3) is 5.57 Å². The Morgan fingerprint density at radius 3 is 2.50 bits per heavy atom. The van der Waals surface area contributed by atoms with Crippen LogP contribution in [-0.4, -0.2) is 24.4 Å². The SMILES string of the molecule is CCCCCCCCOc1c(F)cc(Nc2nc(C3=CCCN=C3)c(F)s2)cc1F. The van der Waals surface area contributed by atoms with Crippen molar-refractivity contribution in [2.24, 2.45) is 4.99 Å². The maximum absolute atomic E-state index is 14.3. The molecule has 1 N–H and O–H groups in total. The standard InChI is InChI=1S/C22H26F3N3OS/c1-2-3-4-5-6-7-11-29-20-17(23)12-16(13-18(20)24)27-22-28-19(21(25)30-22)15-9-8-10-26-14-15/h9,12-14H,2-8,10-11H2,1H3,(H,27,28). The highest BCUT2D eigenvalue weighted by molar-refractivity contribution is 7.14. The molecule has 1 aliphatic rings. The number of anilines is 2. The number of dihydropyridines is 1. The minimum atomic E-state index is -0.803. The molecule has 0 aliphatic carbocycles. The van der Waals surface area contributed by atoms with Crippen molar-refractivity contribution in [1.82, 2.24) is 4.98 Å². The molecule has 0 fully saturated rings. The first-order valence-electron chi connectivity index (χ1n) is 10.3. The molecule has 8 heteroatoms.